The van der Waals surface area contributed by atoms with E-state index in [0.717, 1.165) is 86.3 Å². The van der Waals surface area contributed by atoms with E-state index < -0.39 is 0 Å². The molecule has 0 saturated heterocycles. The minimum atomic E-state index is -0.0532. The molecular weight excluding hydrogens is 589 g/mol. The minimum absolute atomic E-state index is 0.0532. The van der Waals surface area contributed by atoms with Crippen LogP contribution in [-0.2, 0) is 52.4 Å². The van der Waals surface area contributed by atoms with Crippen LogP contribution in [0.1, 0.15) is 17.5 Å². The number of ether oxygens (including phenoxy) is 1. The standard InChI is InChI=1S/C28H38N3O2S2.O.Tc/c1-30(2)26-10-4-24(5-11-26)6-12-27(32)13-7-25-8-14-28(15-9-25)33-21-3-18-31(20-23-35)19-16-29-17-22-34;;/h4-15,34-35H,3,16-23H2,1-2H3;;/q-1;;+3/p-2/b12-6+,13-7+;;/i;;1+1. The second kappa shape index (κ2) is 21.2. The Morgan fingerprint density at radius 1 is 0.865 bits per heavy atom. The van der Waals surface area contributed by atoms with E-state index in [-0.39, 0.29) is 5.78 Å². The number of carbonyl (C=O) groups is 1. The normalized spacial score (nSPS) is 11.0. The second-order valence-electron chi connectivity index (χ2n) is 8.25. The van der Waals surface area contributed by atoms with Gasteiger partial charge >= 0.3 is 22.4 Å². The molecule has 6 nitrogen and oxygen atoms in total. The predicted octanol–water partition coefficient (Wildman–Crippen LogP) is 4.47. The van der Waals surface area contributed by atoms with Gasteiger partial charge in [-0.3, -0.25) is 4.79 Å². The van der Waals surface area contributed by atoms with Crippen molar-refractivity contribution in [1.82, 2.24) is 4.90 Å². The van der Waals surface area contributed by atoms with Crippen LogP contribution in [0.4, 0.5) is 5.69 Å². The van der Waals surface area contributed by atoms with Gasteiger partial charge in [-0.25, -0.2) is 0 Å². The van der Waals surface area contributed by atoms with Crippen LogP contribution in [0.3, 0.4) is 0 Å². The van der Waals surface area contributed by atoms with Crippen LogP contribution in [0.2, 0.25) is 0 Å². The molecule has 9 heteroatoms. The van der Waals surface area contributed by atoms with Crippen molar-refractivity contribution in [3.8, 4) is 5.75 Å². The third-order valence-electron chi connectivity index (χ3n) is 5.29. The second-order valence-corrected chi connectivity index (χ2v) is 9.06. The third-order valence-corrected chi connectivity index (χ3v) is 5.65. The first-order valence-electron chi connectivity index (χ1n) is 12.1. The average Bonchev–Trinajstić information content (AvgIpc) is 2.93. The molecule has 0 spiro atoms. The number of hydrogen-bond donors (Lipinski definition) is 0. The topological polar surface area (TPSA) is 64.0 Å². The van der Waals surface area contributed by atoms with Gasteiger partial charge in [0.05, 0.1) is 6.61 Å². The molecule has 2 aromatic carbocycles. The summed E-state index contributed by atoms with van der Waals surface area (Å²) in [5, 5.41) is 4.41. The number of ketones is 1. The number of nitrogens with zero attached hydrogens (tertiary/aromatic N) is 3. The summed E-state index contributed by atoms with van der Waals surface area (Å²) in [5.74, 6) is 2.18. The van der Waals surface area contributed by atoms with Crippen LogP contribution in [0.25, 0.3) is 17.5 Å². The molecule has 0 aliphatic heterocycles. The molecule has 2 aromatic rings. The Kier molecular flexibility index (Phi) is 19.1. The molecule has 0 N–H and O–H groups in total. The Balaban J connectivity index is 0.00000334. The molecule has 2 rings (SSSR count). The number of rotatable bonds is 17. The number of benzene rings is 2. The van der Waals surface area contributed by atoms with Gasteiger partial charge in [0.1, 0.15) is 5.75 Å². The van der Waals surface area contributed by atoms with E-state index in [1.807, 2.05) is 79.7 Å². The van der Waals surface area contributed by atoms with Gasteiger partial charge in [-0.2, -0.15) is 18.1 Å². The van der Waals surface area contributed by atoms with Crippen molar-refractivity contribution in [3.05, 3.63) is 77.1 Å². The van der Waals surface area contributed by atoms with Gasteiger partial charge < -0.3 is 45.1 Å². The average molecular weight is 626 g/mol. The Bertz CT molecular complexity index is 939. The zero-order chi connectivity index (χ0) is 27.3. The molecule has 0 heterocycles. The Hall–Kier alpha value is -1.74. The summed E-state index contributed by atoms with van der Waals surface area (Å²) < 4.78 is 14.1. The van der Waals surface area contributed by atoms with Crippen LogP contribution < -0.4 is 9.64 Å². The molecule has 200 valence electrons. The van der Waals surface area contributed by atoms with Crippen LogP contribution in [0.15, 0.2) is 60.7 Å². The van der Waals surface area contributed by atoms with Crippen molar-refractivity contribution in [2.45, 2.75) is 6.42 Å². The first-order valence-corrected chi connectivity index (χ1v) is 14.0. The third kappa shape index (κ3) is 15.3. The molecule has 0 saturated carbocycles. The molecule has 0 amide bonds. The fourth-order valence-corrected chi connectivity index (χ4v) is 3.69. The fourth-order valence-electron chi connectivity index (χ4n) is 3.30. The number of carbonyl (C=O) groups excluding carboxylic acids is 1. The molecule has 0 radical (unpaired) electrons. The van der Waals surface area contributed by atoms with E-state index >= 15 is 0 Å². The van der Waals surface area contributed by atoms with Crippen molar-refractivity contribution in [2.75, 3.05) is 69.8 Å². The molecule has 0 aromatic heterocycles. The van der Waals surface area contributed by atoms with Gasteiger partial charge in [0.15, 0.2) is 5.78 Å². The van der Waals surface area contributed by atoms with Crippen LogP contribution >= 0.6 is 0 Å². The molecule has 0 unspecified atom stereocenters. The zero-order valence-corrected chi connectivity index (χ0v) is 25.0. The summed E-state index contributed by atoms with van der Waals surface area (Å²) >= 11 is 11.0. The van der Waals surface area contributed by atoms with Crippen LogP contribution in [-0.4, -0.2) is 75.6 Å². The summed E-state index contributed by atoms with van der Waals surface area (Å²) in [4.78, 5) is 16.6. The van der Waals surface area contributed by atoms with Gasteiger partial charge in [0, 0.05) is 26.3 Å². The summed E-state index contributed by atoms with van der Waals surface area (Å²) in [7, 11) is 4.00. The fraction of sp³-hybridized carbons (Fsp3) is 0.393. The molecular formula is C28H36N3O3S2Tc. The van der Waals surface area contributed by atoms with Crippen LogP contribution in [0.5, 0.6) is 5.75 Å². The zero-order valence-electron chi connectivity index (χ0n) is 21.6. The summed E-state index contributed by atoms with van der Waals surface area (Å²) in [5.41, 5.74) is 3.07. The van der Waals surface area contributed by atoms with Gasteiger partial charge in [-0.1, -0.05) is 36.4 Å². The van der Waals surface area contributed by atoms with Crippen molar-refractivity contribution in [1.29, 1.82) is 0 Å². The molecule has 0 aliphatic rings. The maximum atomic E-state index is 12.2. The van der Waals surface area contributed by atoms with Crippen molar-refractivity contribution in [3.63, 3.8) is 0 Å². The van der Waals surface area contributed by atoms with E-state index in [4.69, 9.17) is 33.5 Å². The van der Waals surface area contributed by atoms with Crippen molar-refractivity contribution < 1.29 is 31.9 Å². The van der Waals surface area contributed by atoms with E-state index in [1.165, 1.54) is 0 Å². The molecule has 0 atom stereocenters. The number of allylic oxidation sites excluding steroid dienone is 2. The van der Waals surface area contributed by atoms with Gasteiger partial charge in [-0.15, -0.1) is 6.54 Å². The van der Waals surface area contributed by atoms with E-state index in [2.05, 4.69) is 10.2 Å². The summed E-state index contributed by atoms with van der Waals surface area (Å²) in [6, 6.07) is 15.8. The first kappa shape index (κ1) is 33.3. The molecule has 0 aliphatic carbocycles. The summed E-state index contributed by atoms with van der Waals surface area (Å²) in [6.07, 6.45) is 7.73. The molecule has 0 bridgehead atoms. The Morgan fingerprint density at radius 2 is 1.46 bits per heavy atom. The number of anilines is 1. The Morgan fingerprint density at radius 3 is 2.00 bits per heavy atom. The van der Waals surface area contributed by atoms with E-state index in [9.17, 15) is 4.79 Å². The summed E-state index contributed by atoms with van der Waals surface area (Å²) in [6.45, 7) is 4.97. The van der Waals surface area contributed by atoms with Gasteiger partial charge in [0.25, 0.3) is 0 Å². The van der Waals surface area contributed by atoms with Crippen molar-refractivity contribution in [2.24, 2.45) is 0 Å². The van der Waals surface area contributed by atoms with E-state index in [0.29, 0.717) is 12.4 Å². The van der Waals surface area contributed by atoms with Gasteiger partial charge in [0.2, 0.25) is 0 Å². The Labute approximate surface area is 243 Å². The quantitative estimate of drug-likeness (QED) is 0.146. The maximum absolute atomic E-state index is 12.2. The predicted molar refractivity (Wildman–Crippen MR) is 155 cm³/mol. The van der Waals surface area contributed by atoms with Crippen LogP contribution in [0, 0.1) is 0 Å². The molecule has 37 heavy (non-hydrogen) atoms. The van der Waals surface area contributed by atoms with Gasteiger partial charge in [-0.05, 0) is 67.1 Å². The SMILES string of the molecule is CN(C)c1ccc(/C=C/C(=O)/C=C/c2ccc(OCCCN(CC[S-])CC[N-]CC[S-])cc2)cc1.[O]=[99Tc+3]. The monoisotopic (exact) mass is 625 g/mol. The molecule has 0 fully saturated rings. The van der Waals surface area contributed by atoms with E-state index in [1.54, 1.807) is 12.2 Å². The first-order chi connectivity index (χ1) is 18.0. The van der Waals surface area contributed by atoms with Crippen molar-refractivity contribution >= 4 is 48.9 Å². The number of hydrogen-bond acceptors (Lipinski definition) is 7.